The predicted molar refractivity (Wildman–Crippen MR) is 74.8 cm³/mol. The SMILES string of the molecule is Cc1cc(C)c(NC(=O)C2CCC(C(=O)O)O2)c(C)c1. The number of anilines is 1. The summed E-state index contributed by atoms with van der Waals surface area (Å²) < 4.78 is 5.25. The molecule has 1 fully saturated rings. The molecule has 1 aromatic carbocycles. The van der Waals surface area contributed by atoms with Gasteiger partial charge in [-0.25, -0.2) is 4.79 Å². The number of benzene rings is 1. The van der Waals surface area contributed by atoms with E-state index >= 15 is 0 Å². The van der Waals surface area contributed by atoms with Crippen molar-refractivity contribution in [1.29, 1.82) is 0 Å². The second-order valence-electron chi connectivity index (χ2n) is 5.29. The van der Waals surface area contributed by atoms with Crippen LogP contribution in [0, 0.1) is 20.8 Å². The molecule has 1 aliphatic heterocycles. The van der Waals surface area contributed by atoms with Crippen LogP contribution < -0.4 is 5.32 Å². The number of carboxylic acids is 1. The zero-order chi connectivity index (χ0) is 14.9. The van der Waals surface area contributed by atoms with Crippen molar-refractivity contribution in [3.8, 4) is 0 Å². The highest BCUT2D eigenvalue weighted by molar-refractivity contribution is 5.96. The van der Waals surface area contributed by atoms with Crippen molar-refractivity contribution in [1.82, 2.24) is 0 Å². The molecule has 1 heterocycles. The molecule has 2 unspecified atom stereocenters. The summed E-state index contributed by atoms with van der Waals surface area (Å²) in [5.74, 6) is -1.29. The van der Waals surface area contributed by atoms with Crippen LogP contribution in [0.25, 0.3) is 0 Å². The fourth-order valence-corrected chi connectivity index (χ4v) is 2.59. The Bertz CT molecular complexity index is 530. The summed E-state index contributed by atoms with van der Waals surface area (Å²) >= 11 is 0. The minimum absolute atomic E-state index is 0.274. The van der Waals surface area contributed by atoms with Crippen LogP contribution in [-0.4, -0.2) is 29.2 Å². The fraction of sp³-hybridized carbons (Fsp3) is 0.467. The minimum atomic E-state index is -1.01. The molecule has 1 saturated heterocycles. The van der Waals surface area contributed by atoms with Crippen molar-refractivity contribution in [2.75, 3.05) is 5.32 Å². The van der Waals surface area contributed by atoms with Crippen molar-refractivity contribution >= 4 is 17.6 Å². The van der Waals surface area contributed by atoms with E-state index in [-0.39, 0.29) is 5.91 Å². The van der Waals surface area contributed by atoms with E-state index in [1.165, 1.54) is 0 Å². The number of nitrogens with one attached hydrogen (secondary N) is 1. The molecular formula is C15H19NO4. The summed E-state index contributed by atoms with van der Waals surface area (Å²) in [4.78, 5) is 23.0. The van der Waals surface area contributed by atoms with E-state index in [0.717, 1.165) is 22.4 Å². The normalized spacial score (nSPS) is 21.8. The second kappa shape index (κ2) is 5.63. The molecule has 2 rings (SSSR count). The molecule has 5 nitrogen and oxygen atoms in total. The fourth-order valence-electron chi connectivity index (χ4n) is 2.59. The van der Waals surface area contributed by atoms with Gasteiger partial charge < -0.3 is 15.2 Å². The van der Waals surface area contributed by atoms with Crippen LogP contribution in [0.15, 0.2) is 12.1 Å². The number of carbonyl (C=O) groups excluding carboxylic acids is 1. The third-order valence-electron chi connectivity index (χ3n) is 3.51. The average Bonchev–Trinajstić information content (AvgIpc) is 2.83. The molecule has 1 aliphatic rings. The van der Waals surface area contributed by atoms with E-state index < -0.39 is 18.2 Å². The Kier molecular flexibility index (Phi) is 4.09. The first-order valence-corrected chi connectivity index (χ1v) is 6.65. The number of aliphatic carboxylic acids is 1. The number of ether oxygens (including phenoxy) is 1. The summed E-state index contributed by atoms with van der Waals surface area (Å²) in [7, 11) is 0. The van der Waals surface area contributed by atoms with E-state index in [1.54, 1.807) is 0 Å². The summed E-state index contributed by atoms with van der Waals surface area (Å²) in [5.41, 5.74) is 3.90. The highest BCUT2D eigenvalue weighted by Crippen LogP contribution is 2.25. The Morgan fingerprint density at radius 2 is 1.70 bits per heavy atom. The highest BCUT2D eigenvalue weighted by atomic mass is 16.5. The Balaban J connectivity index is 2.08. The van der Waals surface area contributed by atoms with Gasteiger partial charge in [0.15, 0.2) is 6.10 Å². The Morgan fingerprint density at radius 3 is 2.20 bits per heavy atom. The quantitative estimate of drug-likeness (QED) is 0.888. The third-order valence-corrected chi connectivity index (χ3v) is 3.51. The minimum Gasteiger partial charge on any atom is -0.479 e. The molecule has 108 valence electrons. The summed E-state index contributed by atoms with van der Waals surface area (Å²) in [6.45, 7) is 5.87. The van der Waals surface area contributed by atoms with Gasteiger partial charge in [-0.3, -0.25) is 4.79 Å². The first kappa shape index (κ1) is 14.5. The molecule has 2 N–H and O–H groups in total. The van der Waals surface area contributed by atoms with Gasteiger partial charge in [-0.05, 0) is 44.7 Å². The van der Waals surface area contributed by atoms with Gasteiger partial charge in [-0.2, -0.15) is 0 Å². The smallest absolute Gasteiger partial charge is 0.332 e. The van der Waals surface area contributed by atoms with Crippen LogP contribution in [-0.2, 0) is 14.3 Å². The standard InChI is InChI=1S/C15H19NO4/c1-8-6-9(2)13(10(3)7-8)16-14(17)11-4-5-12(20-11)15(18)19/h6-7,11-12H,4-5H2,1-3H3,(H,16,17)(H,18,19). The maximum atomic E-state index is 12.1. The molecule has 0 bridgehead atoms. The van der Waals surface area contributed by atoms with Gasteiger partial charge in [0.1, 0.15) is 6.10 Å². The van der Waals surface area contributed by atoms with E-state index in [1.807, 2.05) is 32.9 Å². The summed E-state index contributed by atoms with van der Waals surface area (Å²) in [6.07, 6.45) is -0.742. The zero-order valence-corrected chi connectivity index (χ0v) is 11.9. The van der Waals surface area contributed by atoms with Crippen molar-refractivity contribution in [3.63, 3.8) is 0 Å². The van der Waals surface area contributed by atoms with E-state index in [2.05, 4.69) is 5.32 Å². The van der Waals surface area contributed by atoms with E-state index in [4.69, 9.17) is 9.84 Å². The molecule has 1 aromatic rings. The monoisotopic (exact) mass is 277 g/mol. The molecule has 2 atom stereocenters. The lowest BCUT2D eigenvalue weighted by Gasteiger charge is -2.16. The lowest BCUT2D eigenvalue weighted by Crippen LogP contribution is -2.30. The number of amides is 1. The number of aryl methyl sites for hydroxylation is 3. The van der Waals surface area contributed by atoms with Gasteiger partial charge in [-0.1, -0.05) is 17.7 Å². The zero-order valence-electron chi connectivity index (χ0n) is 11.9. The predicted octanol–water partition coefficient (Wildman–Crippen LogP) is 2.18. The van der Waals surface area contributed by atoms with Gasteiger partial charge in [0.2, 0.25) is 0 Å². The van der Waals surface area contributed by atoms with Gasteiger partial charge >= 0.3 is 5.97 Å². The average molecular weight is 277 g/mol. The van der Waals surface area contributed by atoms with Gasteiger partial charge in [0, 0.05) is 5.69 Å². The van der Waals surface area contributed by atoms with Gasteiger partial charge in [0.25, 0.3) is 5.91 Å². The number of hydrogen-bond acceptors (Lipinski definition) is 3. The van der Waals surface area contributed by atoms with E-state index in [0.29, 0.717) is 12.8 Å². The molecule has 0 spiro atoms. The molecule has 5 heteroatoms. The molecule has 0 aliphatic carbocycles. The van der Waals surface area contributed by atoms with Crippen LogP contribution in [0.1, 0.15) is 29.5 Å². The first-order valence-electron chi connectivity index (χ1n) is 6.65. The van der Waals surface area contributed by atoms with Crippen LogP contribution in [0.4, 0.5) is 5.69 Å². The lowest BCUT2D eigenvalue weighted by atomic mass is 10.0. The van der Waals surface area contributed by atoms with E-state index in [9.17, 15) is 9.59 Å². The first-order chi connectivity index (χ1) is 9.38. The highest BCUT2D eigenvalue weighted by Gasteiger charge is 2.34. The molecule has 0 saturated carbocycles. The Morgan fingerprint density at radius 1 is 1.15 bits per heavy atom. The van der Waals surface area contributed by atoms with Crippen molar-refractivity contribution in [2.24, 2.45) is 0 Å². The maximum Gasteiger partial charge on any atom is 0.332 e. The molecule has 0 aromatic heterocycles. The number of rotatable bonds is 3. The Hall–Kier alpha value is -1.88. The van der Waals surface area contributed by atoms with Crippen molar-refractivity contribution in [2.45, 2.75) is 45.8 Å². The van der Waals surface area contributed by atoms with Crippen molar-refractivity contribution in [3.05, 3.63) is 28.8 Å². The van der Waals surface area contributed by atoms with Crippen LogP contribution in [0.5, 0.6) is 0 Å². The summed E-state index contributed by atoms with van der Waals surface area (Å²) in [6, 6.07) is 4.00. The van der Waals surface area contributed by atoms with Crippen LogP contribution >= 0.6 is 0 Å². The molecule has 20 heavy (non-hydrogen) atoms. The Labute approximate surface area is 117 Å². The maximum absolute atomic E-state index is 12.1. The third kappa shape index (κ3) is 2.99. The molecule has 0 radical (unpaired) electrons. The second-order valence-corrected chi connectivity index (χ2v) is 5.29. The number of hydrogen-bond donors (Lipinski definition) is 2. The van der Waals surface area contributed by atoms with Crippen LogP contribution in [0.2, 0.25) is 0 Å². The number of carboxylic acid groups (broad SMARTS) is 1. The largest absolute Gasteiger partial charge is 0.479 e. The molecule has 1 amide bonds. The molecular weight excluding hydrogens is 258 g/mol. The number of carbonyl (C=O) groups is 2. The topological polar surface area (TPSA) is 75.6 Å². The van der Waals surface area contributed by atoms with Crippen molar-refractivity contribution < 1.29 is 19.4 Å². The lowest BCUT2D eigenvalue weighted by molar-refractivity contribution is -0.150. The van der Waals surface area contributed by atoms with Gasteiger partial charge in [-0.15, -0.1) is 0 Å². The van der Waals surface area contributed by atoms with Crippen LogP contribution in [0.3, 0.4) is 0 Å². The van der Waals surface area contributed by atoms with Gasteiger partial charge in [0.05, 0.1) is 0 Å². The summed E-state index contributed by atoms with van der Waals surface area (Å²) in [5, 5.41) is 11.7.